The monoisotopic (exact) mass is 367 g/mol. The van der Waals surface area contributed by atoms with Gasteiger partial charge in [-0.3, -0.25) is 4.79 Å². The first-order chi connectivity index (χ1) is 13.0. The predicted molar refractivity (Wildman–Crippen MR) is 102 cm³/mol. The molecule has 140 valence electrons. The van der Waals surface area contributed by atoms with E-state index in [-0.39, 0.29) is 31.1 Å². The second-order valence-electron chi connectivity index (χ2n) is 6.39. The number of amides is 1. The minimum absolute atomic E-state index is 0.0214. The van der Waals surface area contributed by atoms with Crippen LogP contribution in [0.15, 0.2) is 57.7 Å². The molecule has 3 rings (SSSR count). The fourth-order valence-electron chi connectivity index (χ4n) is 3.10. The van der Waals surface area contributed by atoms with Gasteiger partial charge in [-0.25, -0.2) is 4.79 Å². The lowest BCUT2D eigenvalue weighted by Crippen LogP contribution is -2.31. The molecule has 0 aliphatic heterocycles. The maximum atomic E-state index is 12.3. The molecule has 0 spiro atoms. The summed E-state index contributed by atoms with van der Waals surface area (Å²) in [6.07, 6.45) is 0.322. The first kappa shape index (κ1) is 18.7. The highest BCUT2D eigenvalue weighted by atomic mass is 16.4. The summed E-state index contributed by atoms with van der Waals surface area (Å²) >= 11 is 0. The van der Waals surface area contributed by atoms with E-state index in [0.29, 0.717) is 11.1 Å². The molecule has 6 nitrogen and oxygen atoms in total. The molecule has 0 unspecified atom stereocenters. The summed E-state index contributed by atoms with van der Waals surface area (Å²) in [7, 11) is 0. The van der Waals surface area contributed by atoms with Crippen LogP contribution < -0.4 is 10.9 Å². The summed E-state index contributed by atoms with van der Waals surface area (Å²) in [5.74, 6) is -0.240. The molecule has 0 radical (unpaired) electrons. The van der Waals surface area contributed by atoms with Crippen LogP contribution in [0.3, 0.4) is 0 Å². The summed E-state index contributed by atoms with van der Waals surface area (Å²) in [6, 6.07) is 13.3. The summed E-state index contributed by atoms with van der Waals surface area (Å²) in [5.41, 5.74) is 1.78. The molecule has 1 aromatic heterocycles. The molecule has 0 saturated carbocycles. The average molecular weight is 367 g/mol. The Hall–Kier alpha value is -3.12. The molecule has 3 aromatic rings. The van der Waals surface area contributed by atoms with Crippen LogP contribution in [0.1, 0.15) is 29.2 Å². The molecular formula is C21H21NO5. The van der Waals surface area contributed by atoms with Gasteiger partial charge in [-0.2, -0.15) is 0 Å². The Morgan fingerprint density at radius 1 is 1.19 bits per heavy atom. The summed E-state index contributed by atoms with van der Waals surface area (Å²) in [6.45, 7) is 1.58. The summed E-state index contributed by atoms with van der Waals surface area (Å²) < 4.78 is 5.27. The third kappa shape index (κ3) is 4.17. The smallest absolute Gasteiger partial charge is 0.339 e. The lowest BCUT2D eigenvalue weighted by atomic mass is 10.0. The van der Waals surface area contributed by atoms with Crippen molar-refractivity contribution in [3.63, 3.8) is 0 Å². The van der Waals surface area contributed by atoms with Gasteiger partial charge in [0, 0.05) is 23.4 Å². The van der Waals surface area contributed by atoms with Gasteiger partial charge in [-0.1, -0.05) is 30.3 Å². The molecule has 1 heterocycles. The first-order valence-corrected chi connectivity index (χ1v) is 8.70. The molecule has 1 amide bonds. The number of aliphatic hydroxyl groups is 1. The predicted octanol–water partition coefficient (Wildman–Crippen LogP) is 2.59. The van der Waals surface area contributed by atoms with E-state index in [4.69, 9.17) is 4.42 Å². The van der Waals surface area contributed by atoms with Crippen molar-refractivity contribution >= 4 is 16.9 Å². The van der Waals surface area contributed by atoms with E-state index in [1.165, 1.54) is 12.1 Å². The lowest BCUT2D eigenvalue weighted by molar-refractivity contribution is -0.122. The number of aryl methyl sites for hydroxylation is 1. The highest BCUT2D eigenvalue weighted by Gasteiger charge is 2.16. The van der Waals surface area contributed by atoms with Crippen molar-refractivity contribution in [1.82, 2.24) is 5.32 Å². The van der Waals surface area contributed by atoms with E-state index < -0.39 is 11.7 Å². The molecule has 27 heavy (non-hydrogen) atoms. The molecule has 2 aromatic carbocycles. The topological polar surface area (TPSA) is 99.8 Å². The Balaban J connectivity index is 1.73. The number of rotatable bonds is 6. The Bertz CT molecular complexity index is 1010. The number of hydrogen-bond acceptors (Lipinski definition) is 5. The van der Waals surface area contributed by atoms with Gasteiger partial charge in [0.15, 0.2) is 0 Å². The number of fused-ring (bicyclic) bond motifs is 1. The molecular weight excluding hydrogens is 346 g/mol. The van der Waals surface area contributed by atoms with E-state index in [1.54, 1.807) is 13.0 Å². The van der Waals surface area contributed by atoms with Crippen LogP contribution in [-0.2, 0) is 11.2 Å². The van der Waals surface area contributed by atoms with Crippen molar-refractivity contribution in [3.05, 3.63) is 75.6 Å². The van der Waals surface area contributed by atoms with Gasteiger partial charge in [0.05, 0.1) is 12.6 Å². The minimum atomic E-state index is -0.514. The summed E-state index contributed by atoms with van der Waals surface area (Å²) in [4.78, 5) is 24.6. The number of phenolic OH excluding ortho intramolecular Hbond substituents is 1. The molecule has 6 heteroatoms. The average Bonchev–Trinajstić information content (AvgIpc) is 2.66. The van der Waals surface area contributed by atoms with Crippen molar-refractivity contribution in [2.75, 3.05) is 6.61 Å². The third-order valence-corrected chi connectivity index (χ3v) is 4.59. The van der Waals surface area contributed by atoms with Gasteiger partial charge in [-0.05, 0) is 36.6 Å². The number of aliphatic hydroxyl groups excluding tert-OH is 1. The van der Waals surface area contributed by atoms with Crippen molar-refractivity contribution in [3.8, 4) is 5.75 Å². The fourth-order valence-corrected chi connectivity index (χ4v) is 3.10. The number of benzene rings is 2. The van der Waals surface area contributed by atoms with Crippen LogP contribution in [0.25, 0.3) is 11.0 Å². The van der Waals surface area contributed by atoms with Crippen LogP contribution in [0.5, 0.6) is 5.75 Å². The van der Waals surface area contributed by atoms with E-state index in [1.807, 2.05) is 30.3 Å². The normalized spacial score (nSPS) is 12.1. The highest BCUT2D eigenvalue weighted by molar-refractivity contribution is 5.82. The zero-order valence-electron chi connectivity index (χ0n) is 14.9. The molecule has 0 bridgehead atoms. The van der Waals surface area contributed by atoms with Crippen LogP contribution in [0, 0.1) is 6.92 Å². The maximum Gasteiger partial charge on any atom is 0.339 e. The van der Waals surface area contributed by atoms with Gasteiger partial charge in [0.2, 0.25) is 5.91 Å². The zero-order valence-corrected chi connectivity index (χ0v) is 14.9. The summed E-state index contributed by atoms with van der Waals surface area (Å²) in [5, 5.41) is 22.6. The van der Waals surface area contributed by atoms with Crippen molar-refractivity contribution in [2.24, 2.45) is 0 Å². The Labute approximate surface area is 156 Å². The second-order valence-corrected chi connectivity index (χ2v) is 6.39. The van der Waals surface area contributed by atoms with Gasteiger partial charge < -0.3 is 19.9 Å². The van der Waals surface area contributed by atoms with Crippen molar-refractivity contribution in [1.29, 1.82) is 0 Å². The Morgan fingerprint density at radius 3 is 2.63 bits per heavy atom. The molecule has 0 saturated heterocycles. The Kier molecular flexibility index (Phi) is 5.57. The van der Waals surface area contributed by atoms with Gasteiger partial charge in [0.1, 0.15) is 11.3 Å². The number of nitrogens with one attached hydrogen (secondary N) is 1. The lowest BCUT2D eigenvalue weighted by Gasteiger charge is -2.17. The first-order valence-electron chi connectivity index (χ1n) is 8.70. The van der Waals surface area contributed by atoms with Crippen LogP contribution in [0.4, 0.5) is 0 Å². The molecule has 1 atom stereocenters. The number of aromatic hydroxyl groups is 1. The highest BCUT2D eigenvalue weighted by Crippen LogP contribution is 2.24. The van der Waals surface area contributed by atoms with Crippen molar-refractivity contribution in [2.45, 2.75) is 25.8 Å². The van der Waals surface area contributed by atoms with E-state index in [2.05, 4.69) is 5.32 Å². The number of hydrogen-bond donors (Lipinski definition) is 3. The number of carbonyl (C=O) groups is 1. The number of carbonyl (C=O) groups excluding carboxylic acids is 1. The van der Waals surface area contributed by atoms with Gasteiger partial charge >= 0.3 is 5.63 Å². The maximum absolute atomic E-state index is 12.3. The molecule has 0 aliphatic rings. The molecule has 0 fully saturated rings. The Morgan fingerprint density at radius 2 is 1.93 bits per heavy atom. The minimum Gasteiger partial charge on any atom is -0.508 e. The van der Waals surface area contributed by atoms with Gasteiger partial charge in [-0.15, -0.1) is 0 Å². The van der Waals surface area contributed by atoms with E-state index in [0.717, 1.165) is 16.5 Å². The fraction of sp³-hybridized carbons (Fsp3) is 0.238. The molecule has 0 aliphatic carbocycles. The number of phenols is 1. The van der Waals surface area contributed by atoms with E-state index in [9.17, 15) is 19.8 Å². The van der Waals surface area contributed by atoms with Gasteiger partial charge in [0.25, 0.3) is 0 Å². The van der Waals surface area contributed by atoms with Crippen LogP contribution >= 0.6 is 0 Å². The van der Waals surface area contributed by atoms with Crippen LogP contribution in [-0.4, -0.2) is 22.7 Å². The quantitative estimate of drug-likeness (QED) is 0.582. The van der Waals surface area contributed by atoms with Crippen LogP contribution in [0.2, 0.25) is 0 Å². The standard InChI is InChI=1S/C21H21NO5/c1-13-16-8-7-15(24)11-19(16)27-21(26)17(13)9-10-20(25)22-18(12-23)14-5-3-2-4-6-14/h2-8,11,18,23-24H,9-10,12H2,1H3,(H,22,25)/t18-/m1/s1. The SMILES string of the molecule is Cc1c(CCC(=O)N[C@H](CO)c2ccccc2)c(=O)oc2cc(O)ccc12. The second kappa shape index (κ2) is 8.05. The zero-order chi connectivity index (χ0) is 19.4. The van der Waals surface area contributed by atoms with E-state index >= 15 is 0 Å². The third-order valence-electron chi connectivity index (χ3n) is 4.59. The largest absolute Gasteiger partial charge is 0.508 e. The van der Waals surface area contributed by atoms with Crippen molar-refractivity contribution < 1.29 is 19.4 Å². The molecule has 3 N–H and O–H groups in total.